The van der Waals surface area contributed by atoms with Gasteiger partial charge in [-0.15, -0.1) is 0 Å². The highest BCUT2D eigenvalue weighted by atomic mass is 15.3. The fraction of sp³-hybridized carbons (Fsp3) is 0.500. The van der Waals surface area contributed by atoms with Gasteiger partial charge in [0.25, 0.3) is 0 Å². The van der Waals surface area contributed by atoms with Gasteiger partial charge in [0, 0.05) is 43.7 Å². The van der Waals surface area contributed by atoms with E-state index in [0.29, 0.717) is 6.04 Å². The predicted molar refractivity (Wildman–Crippen MR) is 67.8 cm³/mol. The minimum atomic E-state index is 0.448. The van der Waals surface area contributed by atoms with Crippen LogP contribution in [0.3, 0.4) is 0 Å². The lowest BCUT2D eigenvalue weighted by Gasteiger charge is -2.08. The second kappa shape index (κ2) is 5.03. The molecule has 0 spiro atoms. The summed E-state index contributed by atoms with van der Waals surface area (Å²) in [6, 6.07) is 2.45. The first-order chi connectivity index (χ1) is 8.19. The van der Waals surface area contributed by atoms with Crippen molar-refractivity contribution in [1.82, 2.24) is 19.6 Å². The minimum absolute atomic E-state index is 0.448. The van der Waals surface area contributed by atoms with Gasteiger partial charge in [0.05, 0.1) is 6.20 Å². The van der Waals surface area contributed by atoms with E-state index >= 15 is 0 Å². The number of hydrogen-bond donors (Lipinski definition) is 1. The van der Waals surface area contributed by atoms with Gasteiger partial charge in [0.2, 0.25) is 0 Å². The fourth-order valence-corrected chi connectivity index (χ4v) is 1.62. The zero-order valence-electron chi connectivity index (χ0n) is 10.6. The van der Waals surface area contributed by atoms with Gasteiger partial charge in [-0.2, -0.15) is 10.2 Å². The van der Waals surface area contributed by atoms with E-state index in [2.05, 4.69) is 29.4 Å². The third-order valence-corrected chi connectivity index (χ3v) is 2.88. The van der Waals surface area contributed by atoms with Crippen molar-refractivity contribution in [1.29, 1.82) is 0 Å². The Bertz CT molecular complexity index is 471. The van der Waals surface area contributed by atoms with Crippen molar-refractivity contribution in [2.45, 2.75) is 32.9 Å². The molecule has 0 aliphatic carbocycles. The first kappa shape index (κ1) is 11.7. The molecule has 5 heteroatoms. The van der Waals surface area contributed by atoms with Crippen LogP contribution >= 0.6 is 0 Å². The summed E-state index contributed by atoms with van der Waals surface area (Å²) in [5, 5.41) is 11.9. The molecule has 0 radical (unpaired) electrons. The van der Waals surface area contributed by atoms with Crippen LogP contribution in [-0.4, -0.2) is 19.6 Å². The molecule has 1 N–H and O–H groups in total. The second-order valence-electron chi connectivity index (χ2n) is 4.31. The molecule has 0 aliphatic heterocycles. The molecule has 2 heterocycles. The molecule has 92 valence electrons. The predicted octanol–water partition coefficient (Wildman–Crippen LogP) is 2.20. The van der Waals surface area contributed by atoms with Gasteiger partial charge in [-0.05, 0) is 13.3 Å². The number of nitrogens with zero attached hydrogens (tertiary/aromatic N) is 4. The minimum Gasteiger partial charge on any atom is -0.364 e. The highest BCUT2D eigenvalue weighted by Crippen LogP contribution is 2.12. The van der Waals surface area contributed by atoms with E-state index in [1.54, 1.807) is 4.68 Å². The van der Waals surface area contributed by atoms with Gasteiger partial charge >= 0.3 is 0 Å². The van der Waals surface area contributed by atoms with Gasteiger partial charge in [-0.1, -0.05) is 6.92 Å². The van der Waals surface area contributed by atoms with E-state index < -0.39 is 0 Å². The van der Waals surface area contributed by atoms with Crippen molar-refractivity contribution in [2.75, 3.05) is 5.32 Å². The number of aryl methyl sites for hydroxylation is 1. The van der Waals surface area contributed by atoms with Crippen LogP contribution in [0, 0.1) is 0 Å². The Labute approximate surface area is 101 Å². The molecule has 0 saturated heterocycles. The number of nitrogens with one attached hydrogen (secondary N) is 1. The van der Waals surface area contributed by atoms with Crippen LogP contribution in [0.15, 0.2) is 24.7 Å². The van der Waals surface area contributed by atoms with Gasteiger partial charge < -0.3 is 5.32 Å². The second-order valence-corrected chi connectivity index (χ2v) is 4.31. The average molecular weight is 233 g/mol. The Hall–Kier alpha value is -1.78. The fourth-order valence-electron chi connectivity index (χ4n) is 1.62. The third-order valence-electron chi connectivity index (χ3n) is 2.88. The van der Waals surface area contributed by atoms with Gasteiger partial charge in [0.1, 0.15) is 5.82 Å². The topological polar surface area (TPSA) is 47.7 Å². The quantitative estimate of drug-likeness (QED) is 0.861. The summed E-state index contributed by atoms with van der Waals surface area (Å²) in [5.74, 6) is 0.911. The van der Waals surface area contributed by atoms with Crippen LogP contribution in [0.5, 0.6) is 0 Å². The molecule has 2 rings (SSSR count). The van der Waals surface area contributed by atoms with Crippen molar-refractivity contribution in [3.8, 4) is 0 Å². The molecule has 0 fully saturated rings. The Kier molecular flexibility index (Phi) is 3.46. The third kappa shape index (κ3) is 2.87. The Morgan fingerprint density at radius 3 is 2.94 bits per heavy atom. The monoisotopic (exact) mass is 233 g/mol. The van der Waals surface area contributed by atoms with Crippen molar-refractivity contribution in [2.24, 2.45) is 7.05 Å². The van der Waals surface area contributed by atoms with E-state index in [1.807, 2.05) is 36.4 Å². The lowest BCUT2D eigenvalue weighted by Crippen LogP contribution is -2.06. The van der Waals surface area contributed by atoms with E-state index in [4.69, 9.17) is 0 Å². The molecule has 0 aromatic carbocycles. The molecule has 0 unspecified atom stereocenters. The summed E-state index contributed by atoms with van der Waals surface area (Å²) in [7, 11) is 1.92. The maximum Gasteiger partial charge on any atom is 0.148 e. The number of aromatic nitrogens is 4. The lowest BCUT2D eigenvalue weighted by atomic mass is 10.3. The largest absolute Gasteiger partial charge is 0.364 e. The van der Waals surface area contributed by atoms with Gasteiger partial charge in [0.15, 0.2) is 0 Å². The number of anilines is 1. The zero-order chi connectivity index (χ0) is 12.3. The Morgan fingerprint density at radius 2 is 2.29 bits per heavy atom. The first-order valence-electron chi connectivity index (χ1n) is 5.95. The van der Waals surface area contributed by atoms with Crippen molar-refractivity contribution < 1.29 is 0 Å². The Morgan fingerprint density at radius 1 is 1.47 bits per heavy atom. The lowest BCUT2D eigenvalue weighted by molar-refractivity contribution is 0.479. The molecule has 2 aromatic rings. The van der Waals surface area contributed by atoms with Crippen LogP contribution < -0.4 is 5.32 Å². The molecule has 2 aromatic heterocycles. The highest BCUT2D eigenvalue weighted by molar-refractivity contribution is 5.33. The molecule has 0 aliphatic rings. The van der Waals surface area contributed by atoms with E-state index in [0.717, 1.165) is 24.3 Å². The van der Waals surface area contributed by atoms with Crippen LogP contribution in [0.2, 0.25) is 0 Å². The number of hydrogen-bond acceptors (Lipinski definition) is 3. The summed E-state index contributed by atoms with van der Waals surface area (Å²) < 4.78 is 3.79. The summed E-state index contributed by atoms with van der Waals surface area (Å²) >= 11 is 0. The standard InChI is InChI=1S/C12H19N5/c1-4-10(2)17-6-5-12(15-17)13-7-11-8-14-16(3)9-11/h5-6,8-10H,4,7H2,1-3H3,(H,13,15)/t10-/m0/s1. The maximum absolute atomic E-state index is 4.48. The molecular weight excluding hydrogens is 214 g/mol. The van der Waals surface area contributed by atoms with Crippen molar-refractivity contribution in [3.05, 3.63) is 30.2 Å². The highest BCUT2D eigenvalue weighted by Gasteiger charge is 2.04. The maximum atomic E-state index is 4.48. The van der Waals surface area contributed by atoms with Gasteiger partial charge in [-0.3, -0.25) is 9.36 Å². The SMILES string of the molecule is CC[C@H](C)n1ccc(NCc2cnn(C)c2)n1. The molecule has 17 heavy (non-hydrogen) atoms. The summed E-state index contributed by atoms with van der Waals surface area (Å²) in [5.41, 5.74) is 1.16. The molecular formula is C12H19N5. The Balaban J connectivity index is 1.93. The molecule has 5 nitrogen and oxygen atoms in total. The molecule has 0 amide bonds. The summed E-state index contributed by atoms with van der Waals surface area (Å²) in [4.78, 5) is 0. The molecule has 0 bridgehead atoms. The van der Waals surface area contributed by atoms with Crippen molar-refractivity contribution in [3.63, 3.8) is 0 Å². The van der Waals surface area contributed by atoms with E-state index in [-0.39, 0.29) is 0 Å². The summed E-state index contributed by atoms with van der Waals surface area (Å²) in [6.07, 6.45) is 6.96. The zero-order valence-corrected chi connectivity index (χ0v) is 10.6. The number of rotatable bonds is 5. The van der Waals surface area contributed by atoms with E-state index in [9.17, 15) is 0 Å². The average Bonchev–Trinajstić information content (AvgIpc) is 2.94. The first-order valence-corrected chi connectivity index (χ1v) is 5.95. The molecule has 0 saturated carbocycles. The summed E-state index contributed by atoms with van der Waals surface area (Å²) in [6.45, 7) is 5.08. The van der Waals surface area contributed by atoms with Crippen LogP contribution in [0.25, 0.3) is 0 Å². The normalized spacial score (nSPS) is 12.6. The van der Waals surface area contributed by atoms with Crippen LogP contribution in [0.1, 0.15) is 31.9 Å². The molecule has 1 atom stereocenters. The van der Waals surface area contributed by atoms with Crippen LogP contribution in [-0.2, 0) is 13.6 Å². The smallest absolute Gasteiger partial charge is 0.148 e. The van der Waals surface area contributed by atoms with Crippen LogP contribution in [0.4, 0.5) is 5.82 Å². The van der Waals surface area contributed by atoms with Crippen molar-refractivity contribution >= 4 is 5.82 Å². The van der Waals surface area contributed by atoms with Gasteiger partial charge in [-0.25, -0.2) is 0 Å². The van der Waals surface area contributed by atoms with E-state index in [1.165, 1.54) is 0 Å².